The van der Waals surface area contributed by atoms with E-state index in [9.17, 15) is 13.2 Å². The molecule has 0 spiro atoms. The van der Waals surface area contributed by atoms with E-state index in [1.807, 2.05) is 0 Å². The molecule has 1 rings (SSSR count). The molecular weight excluding hydrogens is 324 g/mol. The second-order valence-electron chi connectivity index (χ2n) is 3.08. The van der Waals surface area contributed by atoms with Gasteiger partial charge in [-0.3, -0.25) is 0 Å². The van der Waals surface area contributed by atoms with Crippen LogP contribution in [0.4, 0.5) is 19.0 Å². The molecule has 0 radical (unpaired) electrons. The van der Waals surface area contributed by atoms with Gasteiger partial charge in [-0.05, 0) is 22.0 Å². The van der Waals surface area contributed by atoms with E-state index < -0.39 is 12.8 Å². The van der Waals surface area contributed by atoms with Crippen molar-refractivity contribution in [2.24, 2.45) is 0 Å². The van der Waals surface area contributed by atoms with Crippen LogP contribution in [0.5, 0.6) is 0 Å². The highest BCUT2D eigenvalue weighted by Gasteiger charge is 2.27. The summed E-state index contributed by atoms with van der Waals surface area (Å²) in [5, 5.41) is 3.15. The number of alkyl halides is 3. The average Bonchev–Trinajstić information content (AvgIpc) is 2.18. The lowest BCUT2D eigenvalue weighted by molar-refractivity contribution is -0.172. The topological polar surface area (TPSA) is 34.1 Å². The third kappa shape index (κ3) is 6.09. The second-order valence-corrected chi connectivity index (χ2v) is 4.40. The molecule has 0 unspecified atom stereocenters. The van der Waals surface area contributed by atoms with Gasteiger partial charge in [-0.1, -0.05) is 11.6 Å². The fraction of sp³-hybridized carbons (Fsp3) is 0.444. The lowest BCUT2D eigenvalue weighted by atomic mass is 10.4. The number of hydrogen-bond acceptors (Lipinski definition) is 3. The molecule has 0 bridgehead atoms. The Kier molecular flexibility index (Phi) is 5.48. The molecule has 0 aromatic carbocycles. The van der Waals surface area contributed by atoms with Gasteiger partial charge in [0.05, 0.1) is 11.6 Å². The smallest absolute Gasteiger partial charge is 0.370 e. The molecule has 0 saturated carbocycles. The molecular formula is C9H9BrClF3N2O. The Morgan fingerprint density at radius 3 is 2.76 bits per heavy atom. The molecule has 3 nitrogen and oxygen atoms in total. The summed E-state index contributed by atoms with van der Waals surface area (Å²) < 4.78 is 40.3. The summed E-state index contributed by atoms with van der Waals surface area (Å²) >= 11 is 9.03. The summed E-state index contributed by atoms with van der Waals surface area (Å²) in [6.45, 7) is -1.13. The molecule has 17 heavy (non-hydrogen) atoms. The first-order chi connectivity index (χ1) is 7.88. The number of halogens is 5. The fourth-order valence-corrected chi connectivity index (χ4v) is 1.67. The van der Waals surface area contributed by atoms with Gasteiger partial charge in [0, 0.05) is 17.2 Å². The van der Waals surface area contributed by atoms with Crippen molar-refractivity contribution in [1.82, 2.24) is 4.98 Å². The Hall–Kier alpha value is -0.530. The van der Waals surface area contributed by atoms with Crippen molar-refractivity contribution in [2.75, 3.05) is 25.1 Å². The zero-order valence-electron chi connectivity index (χ0n) is 8.52. The lowest BCUT2D eigenvalue weighted by Crippen LogP contribution is -2.20. The van der Waals surface area contributed by atoms with Gasteiger partial charge >= 0.3 is 6.18 Å². The van der Waals surface area contributed by atoms with Crippen molar-refractivity contribution >= 4 is 33.3 Å². The number of rotatable bonds is 5. The maximum absolute atomic E-state index is 11.7. The molecule has 8 heteroatoms. The molecule has 0 aliphatic rings. The zero-order valence-corrected chi connectivity index (χ0v) is 10.9. The largest absolute Gasteiger partial charge is 0.411 e. The van der Waals surface area contributed by atoms with Gasteiger partial charge in [-0.25, -0.2) is 4.98 Å². The summed E-state index contributed by atoms with van der Waals surface area (Å²) in [6.07, 6.45) is -2.77. The highest BCUT2D eigenvalue weighted by molar-refractivity contribution is 9.10. The van der Waals surface area contributed by atoms with Crippen LogP contribution < -0.4 is 5.32 Å². The molecule has 1 aromatic heterocycles. The van der Waals surface area contributed by atoms with E-state index in [-0.39, 0.29) is 13.2 Å². The summed E-state index contributed by atoms with van der Waals surface area (Å²) in [5.74, 6) is 0.408. The monoisotopic (exact) mass is 332 g/mol. The Balaban J connectivity index is 2.27. The molecule has 0 saturated heterocycles. The van der Waals surface area contributed by atoms with E-state index in [1.54, 1.807) is 6.07 Å². The van der Waals surface area contributed by atoms with Crippen molar-refractivity contribution in [3.05, 3.63) is 21.8 Å². The minimum Gasteiger partial charge on any atom is -0.370 e. The van der Waals surface area contributed by atoms with Crippen LogP contribution in [0.15, 0.2) is 16.7 Å². The van der Waals surface area contributed by atoms with Crippen molar-refractivity contribution in [3.63, 3.8) is 0 Å². The Morgan fingerprint density at radius 1 is 1.47 bits per heavy atom. The fourth-order valence-electron chi connectivity index (χ4n) is 0.974. The predicted octanol–water partition coefficient (Wildman–Crippen LogP) is 3.49. The van der Waals surface area contributed by atoms with Crippen LogP contribution in [-0.4, -0.2) is 30.9 Å². The van der Waals surface area contributed by atoms with Crippen LogP contribution in [0.25, 0.3) is 0 Å². The number of nitrogens with zero attached hydrogens (tertiary/aromatic N) is 1. The van der Waals surface area contributed by atoms with Gasteiger partial charge in [-0.2, -0.15) is 13.2 Å². The van der Waals surface area contributed by atoms with Crippen molar-refractivity contribution in [3.8, 4) is 0 Å². The van der Waals surface area contributed by atoms with E-state index in [4.69, 9.17) is 11.6 Å². The zero-order chi connectivity index (χ0) is 12.9. The summed E-state index contributed by atoms with van der Waals surface area (Å²) in [7, 11) is 0. The molecule has 0 atom stereocenters. The Labute approximate surface area is 109 Å². The normalized spacial score (nSPS) is 11.6. The Bertz CT molecular complexity index is 376. The molecule has 0 fully saturated rings. The first-order valence-corrected chi connectivity index (χ1v) is 5.75. The van der Waals surface area contributed by atoms with Crippen molar-refractivity contribution in [2.45, 2.75) is 6.18 Å². The van der Waals surface area contributed by atoms with E-state index in [1.165, 1.54) is 6.20 Å². The minimum atomic E-state index is -4.30. The van der Waals surface area contributed by atoms with E-state index >= 15 is 0 Å². The van der Waals surface area contributed by atoms with Gasteiger partial charge < -0.3 is 10.1 Å². The van der Waals surface area contributed by atoms with Crippen LogP contribution in [0, 0.1) is 0 Å². The highest BCUT2D eigenvalue weighted by atomic mass is 79.9. The van der Waals surface area contributed by atoms with Crippen LogP contribution in [-0.2, 0) is 4.74 Å². The number of aromatic nitrogens is 1. The summed E-state index contributed by atoms with van der Waals surface area (Å²) in [6, 6.07) is 1.63. The highest BCUT2D eigenvalue weighted by Crippen LogP contribution is 2.22. The van der Waals surface area contributed by atoms with Crippen molar-refractivity contribution in [1.29, 1.82) is 0 Å². The number of anilines is 1. The maximum Gasteiger partial charge on any atom is 0.411 e. The van der Waals surface area contributed by atoms with Crippen molar-refractivity contribution < 1.29 is 17.9 Å². The average molecular weight is 334 g/mol. The molecule has 96 valence electrons. The maximum atomic E-state index is 11.7. The number of hydrogen-bond donors (Lipinski definition) is 1. The second kappa shape index (κ2) is 6.42. The molecule has 1 heterocycles. The van der Waals surface area contributed by atoms with Gasteiger partial charge in [0.1, 0.15) is 12.4 Å². The van der Waals surface area contributed by atoms with E-state index in [2.05, 4.69) is 31.0 Å². The minimum absolute atomic E-state index is 0.0758. The predicted molar refractivity (Wildman–Crippen MR) is 62.3 cm³/mol. The molecule has 1 N–H and O–H groups in total. The molecule has 1 aromatic rings. The molecule has 0 aliphatic heterocycles. The summed E-state index contributed by atoms with van der Waals surface area (Å²) in [5.41, 5.74) is 0. The quantitative estimate of drug-likeness (QED) is 0.838. The number of nitrogens with one attached hydrogen (secondary N) is 1. The molecule has 0 amide bonds. The Morgan fingerprint density at radius 2 is 2.18 bits per heavy atom. The first-order valence-electron chi connectivity index (χ1n) is 4.58. The number of pyridine rings is 1. The van der Waals surface area contributed by atoms with Gasteiger partial charge in [0.15, 0.2) is 0 Å². The third-order valence-corrected chi connectivity index (χ3v) is 2.33. The van der Waals surface area contributed by atoms with Crippen LogP contribution in [0.1, 0.15) is 0 Å². The van der Waals surface area contributed by atoms with Crippen LogP contribution >= 0.6 is 27.5 Å². The SMILES string of the molecule is FC(F)(F)COCCNc1ncc(Br)cc1Cl. The van der Waals surface area contributed by atoms with E-state index in [0.29, 0.717) is 10.8 Å². The first kappa shape index (κ1) is 14.5. The molecule has 0 aliphatic carbocycles. The van der Waals surface area contributed by atoms with Crippen LogP contribution in [0.3, 0.4) is 0 Å². The number of ether oxygens (including phenoxy) is 1. The standard InChI is InChI=1S/C9H9BrClF3N2O/c10-6-3-7(11)8(16-4-6)15-1-2-17-5-9(12,13)14/h3-4H,1-2,5H2,(H,15,16). The summed E-state index contributed by atoms with van der Waals surface area (Å²) in [4.78, 5) is 3.96. The third-order valence-electron chi connectivity index (χ3n) is 1.61. The van der Waals surface area contributed by atoms with Gasteiger partial charge in [0.25, 0.3) is 0 Å². The van der Waals surface area contributed by atoms with E-state index in [0.717, 1.165) is 4.47 Å². The van der Waals surface area contributed by atoms with Gasteiger partial charge in [0.2, 0.25) is 0 Å². The lowest BCUT2D eigenvalue weighted by Gasteiger charge is -2.09. The van der Waals surface area contributed by atoms with Crippen LogP contribution in [0.2, 0.25) is 5.02 Å². The van der Waals surface area contributed by atoms with Gasteiger partial charge in [-0.15, -0.1) is 0 Å².